The van der Waals surface area contributed by atoms with Crippen LogP contribution in [0.15, 0.2) is 52.0 Å². The molecule has 2 aromatic rings. The van der Waals surface area contributed by atoms with Crippen LogP contribution in [0, 0.1) is 13.1 Å². The molecule has 0 unspecified atom stereocenters. The number of rotatable bonds is 1. The van der Waals surface area contributed by atoms with Crippen LogP contribution < -0.4 is 0 Å². The van der Waals surface area contributed by atoms with E-state index in [-0.39, 0.29) is 37.0 Å². The molecule has 0 atom stereocenters. The first kappa shape index (κ1) is 18.0. The lowest BCUT2D eigenvalue weighted by molar-refractivity contribution is 0.476. The van der Waals surface area contributed by atoms with Crippen LogP contribution in [-0.2, 0) is 9.84 Å². The number of phenolic OH excluding ortho intramolecular Hbond substituents is 1. The lowest BCUT2D eigenvalue weighted by Crippen LogP contribution is -1.98. The highest BCUT2D eigenvalue weighted by atomic mass is 35.5. The van der Waals surface area contributed by atoms with Crippen LogP contribution in [0.1, 0.15) is 11.1 Å². The molecular weight excluding hydrogens is 395 g/mol. The van der Waals surface area contributed by atoms with Crippen molar-refractivity contribution in [3.8, 4) is 5.75 Å². The number of benzene rings is 2. The van der Waals surface area contributed by atoms with Gasteiger partial charge < -0.3 is 5.11 Å². The van der Waals surface area contributed by atoms with Crippen LogP contribution in [0.3, 0.4) is 0 Å². The summed E-state index contributed by atoms with van der Waals surface area (Å²) in [7, 11) is -3.93. The van der Waals surface area contributed by atoms with E-state index in [4.69, 9.17) is 36.3 Å². The summed E-state index contributed by atoms with van der Waals surface area (Å²) in [6.07, 6.45) is 1.29. The van der Waals surface area contributed by atoms with Crippen molar-refractivity contribution >= 4 is 44.7 Å². The first-order chi connectivity index (χ1) is 12.3. The van der Waals surface area contributed by atoms with Crippen molar-refractivity contribution in [2.45, 2.75) is 4.90 Å². The van der Waals surface area contributed by atoms with E-state index < -0.39 is 9.84 Å². The highest BCUT2D eigenvalue weighted by Gasteiger charge is 2.40. The summed E-state index contributed by atoms with van der Waals surface area (Å²) in [5.41, 5.74) is 0.665. The summed E-state index contributed by atoms with van der Waals surface area (Å²) in [6, 6.07) is 8.88. The van der Waals surface area contributed by atoms with E-state index in [2.05, 4.69) is 9.69 Å². The number of hydrogen-bond acceptors (Lipinski definition) is 3. The highest BCUT2D eigenvalue weighted by molar-refractivity contribution is 7.96. The Bertz CT molecular complexity index is 1160. The summed E-state index contributed by atoms with van der Waals surface area (Å²) in [5, 5.41) is 9.57. The van der Waals surface area contributed by atoms with Crippen LogP contribution in [0.25, 0.3) is 21.3 Å². The van der Waals surface area contributed by atoms with Gasteiger partial charge in [0, 0.05) is 0 Å². The van der Waals surface area contributed by atoms with Gasteiger partial charge in [-0.2, -0.15) is 9.69 Å². The van der Waals surface area contributed by atoms with Crippen LogP contribution in [0.4, 0.5) is 0 Å². The number of aromatic hydroxyl groups is 1. The number of allylic oxidation sites excluding steroid dienone is 1. The van der Waals surface area contributed by atoms with Crippen LogP contribution in [0.2, 0.25) is 10.0 Å². The zero-order valence-electron chi connectivity index (χ0n) is 12.9. The Balaban J connectivity index is 2.39. The molecule has 0 fully saturated rings. The van der Waals surface area contributed by atoms with Gasteiger partial charge in [0.05, 0.1) is 25.4 Å². The van der Waals surface area contributed by atoms with E-state index in [0.29, 0.717) is 11.1 Å². The van der Waals surface area contributed by atoms with Gasteiger partial charge in [0.15, 0.2) is 5.75 Å². The molecular formula is C18H8Cl2N2O3S. The van der Waals surface area contributed by atoms with Crippen molar-refractivity contribution in [2.24, 2.45) is 0 Å². The summed E-state index contributed by atoms with van der Waals surface area (Å²) in [6.45, 7) is 14.4. The van der Waals surface area contributed by atoms with Crippen molar-refractivity contribution in [3.63, 3.8) is 0 Å². The van der Waals surface area contributed by atoms with Crippen LogP contribution >= 0.6 is 23.2 Å². The zero-order chi connectivity index (χ0) is 19.1. The fourth-order valence-electron chi connectivity index (χ4n) is 2.63. The molecule has 1 heterocycles. The molecule has 0 saturated heterocycles. The highest BCUT2D eigenvalue weighted by Crippen LogP contribution is 2.46. The maximum Gasteiger partial charge on any atom is 0.528 e. The summed E-state index contributed by atoms with van der Waals surface area (Å²) >= 11 is 11.8. The molecule has 26 heavy (non-hydrogen) atoms. The second kappa shape index (κ2) is 6.51. The van der Waals surface area contributed by atoms with Gasteiger partial charge in [0.1, 0.15) is 13.1 Å². The van der Waals surface area contributed by atoms with Gasteiger partial charge in [-0.1, -0.05) is 41.4 Å². The standard InChI is InChI=1S/C18H8Cl2N2O3S/c1-21-18(22-2)16-11-5-3-4-6-14(11)26(24,25)15(16)9-10-7-12(19)17(23)13(20)8-10/h3-9,23H. The minimum Gasteiger partial charge on any atom is -0.505 e. The van der Waals surface area contributed by atoms with Gasteiger partial charge in [0.25, 0.3) is 0 Å². The summed E-state index contributed by atoms with van der Waals surface area (Å²) in [4.78, 5) is 6.19. The average Bonchev–Trinajstić information content (AvgIpc) is 2.83. The van der Waals surface area contributed by atoms with Crippen LogP contribution in [-0.4, -0.2) is 13.5 Å². The minimum atomic E-state index is -3.93. The predicted octanol–water partition coefficient (Wildman–Crippen LogP) is 5.03. The number of nitrogens with zero attached hydrogens (tertiary/aromatic N) is 2. The average molecular weight is 403 g/mol. The van der Waals surface area contributed by atoms with E-state index in [1.807, 2.05) is 0 Å². The molecule has 5 nitrogen and oxygen atoms in total. The SMILES string of the molecule is [C-]#[N+]C([N+]#[C-])=C1C(=Cc2cc(Cl)c(O)c(Cl)c2)S(=O)(=O)c2ccccc21. The van der Waals surface area contributed by atoms with E-state index in [1.54, 1.807) is 18.2 Å². The van der Waals surface area contributed by atoms with Gasteiger partial charge in [0.2, 0.25) is 9.84 Å². The van der Waals surface area contributed by atoms with E-state index in [0.717, 1.165) is 0 Å². The maximum absolute atomic E-state index is 12.9. The monoisotopic (exact) mass is 402 g/mol. The Morgan fingerprint density at radius 2 is 1.65 bits per heavy atom. The Morgan fingerprint density at radius 3 is 2.23 bits per heavy atom. The van der Waals surface area contributed by atoms with Gasteiger partial charge >= 0.3 is 5.82 Å². The smallest absolute Gasteiger partial charge is 0.505 e. The molecule has 0 aromatic heterocycles. The fraction of sp³-hybridized carbons (Fsp3) is 0. The normalized spacial score (nSPS) is 16.0. The van der Waals surface area contributed by atoms with Crippen molar-refractivity contribution in [1.29, 1.82) is 0 Å². The molecule has 8 heteroatoms. The first-order valence-electron chi connectivity index (χ1n) is 7.05. The molecule has 0 radical (unpaired) electrons. The molecule has 0 saturated carbocycles. The maximum atomic E-state index is 12.9. The molecule has 0 aliphatic carbocycles. The minimum absolute atomic E-state index is 0.0297. The third-order valence-corrected chi connectivity index (χ3v) is 6.17. The number of hydrogen-bond donors (Lipinski definition) is 1. The van der Waals surface area contributed by atoms with Gasteiger partial charge in [-0.25, -0.2) is 8.42 Å². The van der Waals surface area contributed by atoms with E-state index in [9.17, 15) is 13.5 Å². The molecule has 128 valence electrons. The Morgan fingerprint density at radius 1 is 1.08 bits per heavy atom. The first-order valence-corrected chi connectivity index (χ1v) is 9.29. The van der Waals surface area contributed by atoms with Gasteiger partial charge in [-0.3, -0.25) is 0 Å². The molecule has 0 amide bonds. The molecule has 1 aliphatic heterocycles. The summed E-state index contributed by atoms with van der Waals surface area (Å²) < 4.78 is 25.9. The second-order valence-electron chi connectivity index (χ2n) is 5.26. The third-order valence-electron chi connectivity index (χ3n) is 3.75. The molecule has 1 aliphatic rings. The van der Waals surface area contributed by atoms with Crippen molar-refractivity contribution in [3.05, 3.63) is 91.1 Å². The molecule has 0 spiro atoms. The molecule has 3 rings (SSSR count). The van der Waals surface area contributed by atoms with Gasteiger partial charge in [-0.05, 0) is 35.4 Å². The van der Waals surface area contributed by atoms with Gasteiger partial charge in [-0.15, -0.1) is 0 Å². The largest absolute Gasteiger partial charge is 0.528 e. The van der Waals surface area contributed by atoms with Crippen molar-refractivity contribution < 1.29 is 13.5 Å². The molecule has 2 aromatic carbocycles. The number of sulfone groups is 1. The second-order valence-corrected chi connectivity index (χ2v) is 7.96. The zero-order valence-corrected chi connectivity index (χ0v) is 15.2. The van der Waals surface area contributed by atoms with E-state index in [1.165, 1.54) is 24.3 Å². The third kappa shape index (κ3) is 2.75. The molecule has 0 bridgehead atoms. The van der Waals surface area contributed by atoms with Crippen molar-refractivity contribution in [2.75, 3.05) is 0 Å². The van der Waals surface area contributed by atoms with Crippen molar-refractivity contribution in [1.82, 2.24) is 0 Å². The van der Waals surface area contributed by atoms with Crippen LogP contribution in [0.5, 0.6) is 5.75 Å². The molecule has 1 N–H and O–H groups in total. The number of phenols is 1. The topological polar surface area (TPSA) is 63.1 Å². The van der Waals surface area contributed by atoms with E-state index >= 15 is 0 Å². The number of fused-ring (bicyclic) bond motifs is 1. The Hall–Kier alpha value is -2.77. The number of halogens is 2. The lowest BCUT2D eigenvalue weighted by Gasteiger charge is -2.04. The Kier molecular flexibility index (Phi) is 4.52. The predicted molar refractivity (Wildman–Crippen MR) is 99.9 cm³/mol. The quantitative estimate of drug-likeness (QED) is 0.679. The lowest BCUT2D eigenvalue weighted by atomic mass is 10.0. The fourth-order valence-corrected chi connectivity index (χ4v) is 4.85. The summed E-state index contributed by atoms with van der Waals surface area (Å²) in [5.74, 6) is -0.660. The Labute approximate surface area is 160 Å².